The van der Waals surface area contributed by atoms with Crippen molar-refractivity contribution < 1.29 is 5.11 Å². The molecular formula is C13H19NO. The van der Waals surface area contributed by atoms with Crippen molar-refractivity contribution in [2.75, 3.05) is 5.32 Å². The Morgan fingerprint density at radius 3 is 2.73 bits per heavy atom. The summed E-state index contributed by atoms with van der Waals surface area (Å²) in [5, 5.41) is 13.1. The van der Waals surface area contributed by atoms with Crippen molar-refractivity contribution in [2.45, 2.75) is 45.6 Å². The summed E-state index contributed by atoms with van der Waals surface area (Å²) >= 11 is 0. The Balaban J connectivity index is 2.55. The van der Waals surface area contributed by atoms with E-state index in [0.29, 0.717) is 11.7 Å². The molecular weight excluding hydrogens is 186 g/mol. The van der Waals surface area contributed by atoms with Crippen molar-refractivity contribution in [3.8, 4) is 5.75 Å². The van der Waals surface area contributed by atoms with Crippen molar-refractivity contribution in [1.29, 1.82) is 0 Å². The van der Waals surface area contributed by atoms with Gasteiger partial charge >= 0.3 is 0 Å². The normalized spacial score (nSPS) is 23.1. The first kappa shape index (κ1) is 10.3. The Morgan fingerprint density at radius 2 is 2.07 bits per heavy atom. The standard InChI is InChI=1S/C13H19NO/c1-8-5-10(15)6-11-9(2)7-13(3,4)14-12(8)11/h5-6,9,14-15H,7H2,1-4H3. The lowest BCUT2D eigenvalue weighted by molar-refractivity contribution is 0.445. The zero-order chi connectivity index (χ0) is 11.2. The maximum absolute atomic E-state index is 9.59. The molecule has 0 aromatic heterocycles. The highest BCUT2D eigenvalue weighted by molar-refractivity contribution is 5.64. The van der Waals surface area contributed by atoms with Crippen molar-refractivity contribution in [2.24, 2.45) is 0 Å². The second-order valence-corrected chi connectivity index (χ2v) is 5.34. The minimum absolute atomic E-state index is 0.147. The molecule has 2 nitrogen and oxygen atoms in total. The van der Waals surface area contributed by atoms with Crippen LogP contribution in [0.2, 0.25) is 0 Å². The number of hydrogen-bond donors (Lipinski definition) is 2. The zero-order valence-corrected chi connectivity index (χ0v) is 9.89. The Morgan fingerprint density at radius 1 is 1.40 bits per heavy atom. The van der Waals surface area contributed by atoms with Crippen molar-refractivity contribution in [1.82, 2.24) is 0 Å². The zero-order valence-electron chi connectivity index (χ0n) is 9.89. The maximum atomic E-state index is 9.59. The number of phenolic OH excluding ortho intramolecular Hbond substituents is 1. The molecule has 0 bridgehead atoms. The van der Waals surface area contributed by atoms with E-state index in [1.165, 1.54) is 11.3 Å². The van der Waals surface area contributed by atoms with Crippen LogP contribution in [0.25, 0.3) is 0 Å². The number of rotatable bonds is 0. The molecule has 1 heterocycles. The summed E-state index contributed by atoms with van der Waals surface area (Å²) in [5.41, 5.74) is 3.72. The molecule has 1 aliphatic rings. The monoisotopic (exact) mass is 205 g/mol. The van der Waals surface area contributed by atoms with Gasteiger partial charge in [-0.2, -0.15) is 0 Å². The van der Waals surface area contributed by atoms with Crippen LogP contribution in [0.1, 0.15) is 44.2 Å². The van der Waals surface area contributed by atoms with E-state index < -0.39 is 0 Å². The predicted octanol–water partition coefficient (Wildman–Crippen LogP) is 3.40. The van der Waals surface area contributed by atoms with Gasteiger partial charge in [-0.1, -0.05) is 6.92 Å². The number of benzene rings is 1. The Hall–Kier alpha value is -1.18. The fraction of sp³-hybridized carbons (Fsp3) is 0.538. The van der Waals surface area contributed by atoms with E-state index in [9.17, 15) is 5.11 Å². The molecule has 1 atom stereocenters. The van der Waals surface area contributed by atoms with Gasteiger partial charge in [-0.3, -0.25) is 0 Å². The molecule has 1 aromatic carbocycles. The minimum atomic E-state index is 0.147. The van der Waals surface area contributed by atoms with Crippen LogP contribution in [0.3, 0.4) is 0 Å². The third-order valence-corrected chi connectivity index (χ3v) is 3.16. The smallest absolute Gasteiger partial charge is 0.116 e. The van der Waals surface area contributed by atoms with Crippen LogP contribution in [-0.4, -0.2) is 10.6 Å². The van der Waals surface area contributed by atoms with E-state index in [4.69, 9.17) is 0 Å². The van der Waals surface area contributed by atoms with E-state index in [0.717, 1.165) is 12.0 Å². The molecule has 82 valence electrons. The van der Waals surface area contributed by atoms with Crippen LogP contribution in [0.5, 0.6) is 5.75 Å². The molecule has 0 radical (unpaired) electrons. The van der Waals surface area contributed by atoms with Gasteiger partial charge < -0.3 is 10.4 Å². The first-order chi connectivity index (χ1) is 6.89. The molecule has 2 N–H and O–H groups in total. The van der Waals surface area contributed by atoms with E-state index >= 15 is 0 Å². The largest absolute Gasteiger partial charge is 0.508 e. The molecule has 1 aliphatic heterocycles. The number of phenols is 1. The maximum Gasteiger partial charge on any atom is 0.116 e. The van der Waals surface area contributed by atoms with Crippen LogP contribution in [0.4, 0.5) is 5.69 Å². The van der Waals surface area contributed by atoms with Crippen LogP contribution in [0, 0.1) is 6.92 Å². The summed E-state index contributed by atoms with van der Waals surface area (Å²) in [7, 11) is 0. The molecule has 15 heavy (non-hydrogen) atoms. The Labute approximate surface area is 91.3 Å². The SMILES string of the molecule is Cc1cc(O)cc2c1NC(C)(C)CC2C. The topological polar surface area (TPSA) is 32.3 Å². The highest BCUT2D eigenvalue weighted by atomic mass is 16.3. The Kier molecular flexibility index (Phi) is 2.18. The first-order valence-electron chi connectivity index (χ1n) is 5.51. The summed E-state index contributed by atoms with van der Waals surface area (Å²) in [6, 6.07) is 3.70. The highest BCUT2D eigenvalue weighted by Crippen LogP contribution is 2.41. The number of aryl methyl sites for hydroxylation is 1. The van der Waals surface area contributed by atoms with Crippen LogP contribution < -0.4 is 5.32 Å². The summed E-state index contributed by atoms with van der Waals surface area (Å²) in [6.07, 6.45) is 1.10. The van der Waals surface area contributed by atoms with Crippen LogP contribution in [0.15, 0.2) is 12.1 Å². The average Bonchev–Trinajstić information content (AvgIpc) is 2.06. The van der Waals surface area contributed by atoms with Gasteiger partial charge in [-0.05, 0) is 56.4 Å². The molecule has 1 unspecified atom stereocenters. The molecule has 0 saturated carbocycles. The average molecular weight is 205 g/mol. The summed E-state index contributed by atoms with van der Waals surface area (Å²) in [5.74, 6) is 0.877. The van der Waals surface area contributed by atoms with Gasteiger partial charge in [0.15, 0.2) is 0 Å². The third kappa shape index (κ3) is 1.81. The number of hydrogen-bond acceptors (Lipinski definition) is 2. The number of fused-ring (bicyclic) bond motifs is 1. The number of anilines is 1. The van der Waals surface area contributed by atoms with Gasteiger partial charge in [-0.15, -0.1) is 0 Å². The third-order valence-electron chi connectivity index (χ3n) is 3.16. The molecule has 0 amide bonds. The van der Waals surface area contributed by atoms with E-state index in [1.807, 2.05) is 19.1 Å². The quantitative estimate of drug-likeness (QED) is 0.636. The van der Waals surface area contributed by atoms with E-state index in [-0.39, 0.29) is 5.54 Å². The Bertz CT molecular complexity index is 396. The van der Waals surface area contributed by atoms with Gasteiger partial charge in [0.05, 0.1) is 0 Å². The minimum Gasteiger partial charge on any atom is -0.508 e. The molecule has 2 heteroatoms. The van der Waals surface area contributed by atoms with Crippen molar-refractivity contribution in [3.05, 3.63) is 23.3 Å². The first-order valence-corrected chi connectivity index (χ1v) is 5.51. The van der Waals surface area contributed by atoms with E-state index in [2.05, 4.69) is 26.1 Å². The highest BCUT2D eigenvalue weighted by Gasteiger charge is 2.30. The summed E-state index contributed by atoms with van der Waals surface area (Å²) < 4.78 is 0. The fourth-order valence-corrected chi connectivity index (χ4v) is 2.62. The van der Waals surface area contributed by atoms with E-state index in [1.54, 1.807) is 0 Å². The summed E-state index contributed by atoms with van der Waals surface area (Å²) in [6.45, 7) is 8.71. The van der Waals surface area contributed by atoms with Crippen LogP contribution >= 0.6 is 0 Å². The second kappa shape index (κ2) is 3.16. The lowest BCUT2D eigenvalue weighted by atomic mass is 9.81. The molecule has 0 aliphatic carbocycles. The molecule has 2 rings (SSSR count). The molecule has 0 saturated heterocycles. The number of nitrogens with one attached hydrogen (secondary N) is 1. The van der Waals surface area contributed by atoms with Gasteiger partial charge in [0.1, 0.15) is 5.75 Å². The molecule has 0 fully saturated rings. The predicted molar refractivity (Wildman–Crippen MR) is 63.6 cm³/mol. The van der Waals surface area contributed by atoms with Gasteiger partial charge in [0.25, 0.3) is 0 Å². The van der Waals surface area contributed by atoms with Crippen LogP contribution in [-0.2, 0) is 0 Å². The van der Waals surface area contributed by atoms with Gasteiger partial charge in [0, 0.05) is 11.2 Å². The van der Waals surface area contributed by atoms with Crippen molar-refractivity contribution >= 4 is 5.69 Å². The molecule has 1 aromatic rings. The van der Waals surface area contributed by atoms with Gasteiger partial charge in [-0.25, -0.2) is 0 Å². The fourth-order valence-electron chi connectivity index (χ4n) is 2.62. The summed E-state index contributed by atoms with van der Waals surface area (Å²) in [4.78, 5) is 0. The van der Waals surface area contributed by atoms with Crippen molar-refractivity contribution in [3.63, 3.8) is 0 Å². The number of aromatic hydroxyl groups is 1. The molecule has 0 spiro atoms. The second-order valence-electron chi connectivity index (χ2n) is 5.34. The van der Waals surface area contributed by atoms with Gasteiger partial charge in [0.2, 0.25) is 0 Å². The lowest BCUT2D eigenvalue weighted by Crippen LogP contribution is -2.36. The lowest BCUT2D eigenvalue weighted by Gasteiger charge is -2.38.